The fourth-order valence-corrected chi connectivity index (χ4v) is 2.32. The van der Waals surface area contributed by atoms with E-state index in [1.54, 1.807) is 11.3 Å². The maximum absolute atomic E-state index is 12.0. The average molecular weight is 293 g/mol. The molecule has 0 saturated heterocycles. The van der Waals surface area contributed by atoms with Gasteiger partial charge in [-0.25, -0.2) is 0 Å². The third kappa shape index (κ3) is 6.47. The van der Waals surface area contributed by atoms with Crippen molar-refractivity contribution < 1.29 is 13.2 Å². The van der Waals surface area contributed by atoms with Gasteiger partial charge in [0.05, 0.1) is 13.0 Å². The molecule has 0 radical (unpaired) electrons. The Morgan fingerprint density at radius 3 is 2.47 bits per heavy atom. The quantitative estimate of drug-likeness (QED) is 0.647. The summed E-state index contributed by atoms with van der Waals surface area (Å²) in [6.45, 7) is 2.48. The molecule has 19 heavy (non-hydrogen) atoms. The van der Waals surface area contributed by atoms with E-state index in [0.717, 1.165) is 11.3 Å². The molecule has 3 nitrogen and oxygen atoms in total. The van der Waals surface area contributed by atoms with E-state index in [0.29, 0.717) is 12.5 Å². The minimum Gasteiger partial charge on any atom is -0.356 e. The van der Waals surface area contributed by atoms with Gasteiger partial charge in [-0.15, -0.1) is 11.3 Å². The summed E-state index contributed by atoms with van der Waals surface area (Å²) in [5, 5.41) is 5.63. The fraction of sp³-hybridized carbons (Fsp3) is 0.583. The highest BCUT2D eigenvalue weighted by Gasteiger charge is 2.26. The van der Waals surface area contributed by atoms with Crippen molar-refractivity contribution in [3.8, 4) is 0 Å². The predicted molar refractivity (Wildman–Crippen MR) is 72.6 cm³/mol. The van der Waals surface area contributed by atoms with Crippen molar-refractivity contribution in [1.82, 2.24) is 10.6 Å². The predicted octanol–water partition coefficient (Wildman–Crippen LogP) is 2.93. The first-order chi connectivity index (χ1) is 8.94. The van der Waals surface area contributed by atoms with E-state index in [1.807, 2.05) is 6.07 Å². The monoisotopic (exact) mass is 293 g/mol. The SMILES string of the molecule is CCc1ccc(CNC(=NC)NCCC(F)(F)F)s1. The van der Waals surface area contributed by atoms with Crippen molar-refractivity contribution in [3.63, 3.8) is 0 Å². The van der Waals surface area contributed by atoms with E-state index >= 15 is 0 Å². The highest BCUT2D eigenvalue weighted by molar-refractivity contribution is 7.11. The van der Waals surface area contributed by atoms with Gasteiger partial charge < -0.3 is 10.6 Å². The van der Waals surface area contributed by atoms with Crippen LogP contribution in [0, 0.1) is 0 Å². The fourth-order valence-electron chi connectivity index (χ4n) is 1.42. The van der Waals surface area contributed by atoms with Gasteiger partial charge in [-0.05, 0) is 18.6 Å². The lowest BCUT2D eigenvalue weighted by Crippen LogP contribution is -2.38. The number of hydrogen-bond donors (Lipinski definition) is 2. The Kier molecular flexibility index (Phi) is 6.14. The van der Waals surface area contributed by atoms with Gasteiger partial charge in [0.15, 0.2) is 5.96 Å². The lowest BCUT2D eigenvalue weighted by atomic mass is 10.3. The number of guanidine groups is 1. The second-order valence-corrected chi connectivity index (χ2v) is 5.19. The van der Waals surface area contributed by atoms with Gasteiger partial charge in [0, 0.05) is 23.3 Å². The molecule has 7 heteroatoms. The van der Waals surface area contributed by atoms with Crippen LogP contribution in [0.25, 0.3) is 0 Å². The van der Waals surface area contributed by atoms with E-state index in [9.17, 15) is 13.2 Å². The second-order valence-electron chi connectivity index (χ2n) is 3.94. The van der Waals surface area contributed by atoms with Crippen LogP contribution in [0.3, 0.4) is 0 Å². The minimum absolute atomic E-state index is 0.173. The van der Waals surface area contributed by atoms with Crippen LogP contribution < -0.4 is 10.6 Å². The number of nitrogens with zero attached hydrogens (tertiary/aromatic N) is 1. The molecule has 1 heterocycles. The molecule has 0 aliphatic carbocycles. The van der Waals surface area contributed by atoms with Crippen LogP contribution in [0.2, 0.25) is 0 Å². The molecule has 1 aromatic rings. The summed E-state index contributed by atoms with van der Waals surface area (Å²) >= 11 is 1.69. The van der Waals surface area contributed by atoms with Crippen molar-refractivity contribution in [2.24, 2.45) is 4.99 Å². The van der Waals surface area contributed by atoms with Crippen molar-refractivity contribution in [3.05, 3.63) is 21.9 Å². The van der Waals surface area contributed by atoms with Crippen LogP contribution in [0.5, 0.6) is 0 Å². The van der Waals surface area contributed by atoms with Gasteiger partial charge in [0.25, 0.3) is 0 Å². The second kappa shape index (κ2) is 7.37. The van der Waals surface area contributed by atoms with Crippen LogP contribution in [-0.4, -0.2) is 25.7 Å². The Hall–Kier alpha value is -1.24. The molecule has 0 fully saturated rings. The van der Waals surface area contributed by atoms with Crippen LogP contribution in [0.1, 0.15) is 23.1 Å². The molecule has 0 amide bonds. The number of rotatable bonds is 5. The Labute approximate surface area is 114 Å². The van der Waals surface area contributed by atoms with Gasteiger partial charge in [-0.3, -0.25) is 4.99 Å². The zero-order chi connectivity index (χ0) is 14.3. The molecule has 0 aromatic carbocycles. The summed E-state index contributed by atoms with van der Waals surface area (Å²) in [5.74, 6) is 0.385. The molecule has 0 aliphatic rings. The van der Waals surface area contributed by atoms with Crippen molar-refractivity contribution in [1.29, 1.82) is 0 Å². The molecule has 0 spiro atoms. The Balaban J connectivity index is 2.33. The molecule has 0 saturated carbocycles. The molecular weight excluding hydrogens is 275 g/mol. The van der Waals surface area contributed by atoms with E-state index in [2.05, 4.69) is 28.6 Å². The summed E-state index contributed by atoms with van der Waals surface area (Å²) in [7, 11) is 1.54. The molecular formula is C12H18F3N3S. The van der Waals surface area contributed by atoms with E-state index in [1.165, 1.54) is 11.9 Å². The Morgan fingerprint density at radius 1 is 1.26 bits per heavy atom. The Morgan fingerprint density at radius 2 is 1.95 bits per heavy atom. The number of nitrogens with one attached hydrogen (secondary N) is 2. The zero-order valence-corrected chi connectivity index (χ0v) is 11.8. The highest BCUT2D eigenvalue weighted by atomic mass is 32.1. The Bertz CT molecular complexity index is 413. The first-order valence-corrected chi connectivity index (χ1v) is 6.85. The first-order valence-electron chi connectivity index (χ1n) is 6.03. The first kappa shape index (κ1) is 15.8. The number of hydrogen-bond acceptors (Lipinski definition) is 2. The summed E-state index contributed by atoms with van der Waals surface area (Å²) in [4.78, 5) is 6.30. The van der Waals surface area contributed by atoms with Crippen molar-refractivity contribution in [2.45, 2.75) is 32.5 Å². The third-order valence-electron chi connectivity index (χ3n) is 2.42. The van der Waals surface area contributed by atoms with Crippen LogP contribution >= 0.6 is 11.3 Å². The molecule has 0 aliphatic heterocycles. The normalized spacial score (nSPS) is 12.6. The maximum atomic E-state index is 12.0. The van der Waals surface area contributed by atoms with Crippen LogP contribution in [0.15, 0.2) is 17.1 Å². The van der Waals surface area contributed by atoms with Gasteiger partial charge >= 0.3 is 6.18 Å². The number of alkyl halides is 3. The van der Waals surface area contributed by atoms with E-state index < -0.39 is 12.6 Å². The zero-order valence-electron chi connectivity index (χ0n) is 11.0. The maximum Gasteiger partial charge on any atom is 0.390 e. The molecule has 0 unspecified atom stereocenters. The van der Waals surface area contributed by atoms with Crippen molar-refractivity contribution >= 4 is 17.3 Å². The van der Waals surface area contributed by atoms with E-state index in [4.69, 9.17) is 0 Å². The van der Waals surface area contributed by atoms with Gasteiger partial charge in [0.1, 0.15) is 0 Å². The molecule has 1 aromatic heterocycles. The number of halogens is 3. The standard InChI is InChI=1S/C12H18F3N3S/c1-3-9-4-5-10(19-9)8-18-11(16-2)17-7-6-12(13,14)15/h4-5H,3,6-8H2,1-2H3,(H2,16,17,18). The van der Waals surface area contributed by atoms with Crippen molar-refractivity contribution in [2.75, 3.05) is 13.6 Å². The lowest BCUT2D eigenvalue weighted by molar-refractivity contribution is -0.132. The third-order valence-corrected chi connectivity index (χ3v) is 3.65. The summed E-state index contributed by atoms with van der Waals surface area (Å²) < 4.78 is 36.0. The largest absolute Gasteiger partial charge is 0.390 e. The van der Waals surface area contributed by atoms with Crippen LogP contribution in [-0.2, 0) is 13.0 Å². The number of aryl methyl sites for hydroxylation is 1. The number of aliphatic imine (C=N–C) groups is 1. The minimum atomic E-state index is -4.14. The average Bonchev–Trinajstić information content (AvgIpc) is 2.80. The molecule has 0 atom stereocenters. The summed E-state index contributed by atoms with van der Waals surface area (Å²) in [5.41, 5.74) is 0. The molecule has 0 bridgehead atoms. The van der Waals surface area contributed by atoms with Gasteiger partial charge in [0.2, 0.25) is 0 Å². The van der Waals surface area contributed by atoms with Gasteiger partial charge in [-0.2, -0.15) is 13.2 Å². The molecule has 2 N–H and O–H groups in total. The van der Waals surface area contributed by atoms with Gasteiger partial charge in [-0.1, -0.05) is 6.92 Å². The molecule has 1 rings (SSSR count). The smallest absolute Gasteiger partial charge is 0.356 e. The lowest BCUT2D eigenvalue weighted by Gasteiger charge is -2.12. The topological polar surface area (TPSA) is 36.4 Å². The number of thiophene rings is 1. The summed E-state index contributed by atoms with van der Waals surface area (Å²) in [6.07, 6.45) is -4.02. The van der Waals surface area contributed by atoms with Crippen LogP contribution in [0.4, 0.5) is 13.2 Å². The summed E-state index contributed by atoms with van der Waals surface area (Å²) in [6, 6.07) is 4.07. The van der Waals surface area contributed by atoms with E-state index in [-0.39, 0.29) is 6.54 Å². The molecule has 108 valence electrons. The highest BCUT2D eigenvalue weighted by Crippen LogP contribution is 2.18.